The standard InChI is InChI=1S/C18H18N2O2/c21-17(13-7-6-8-13)20-16-12-5-4-11-15(16)18(22)19-14-9-2-1-3-10-14/h1-5,9-13H,6-8H2,(H,19,22)(H,20,21). The number of anilines is 2. The van der Waals surface area contributed by atoms with Gasteiger partial charge in [-0.15, -0.1) is 0 Å². The first-order valence-corrected chi connectivity index (χ1v) is 7.50. The minimum Gasteiger partial charge on any atom is -0.325 e. The Bertz CT molecular complexity index is 678. The minimum absolute atomic E-state index is 0.00575. The van der Waals surface area contributed by atoms with E-state index in [1.807, 2.05) is 36.4 Å². The zero-order valence-corrected chi connectivity index (χ0v) is 12.2. The lowest BCUT2D eigenvalue weighted by molar-refractivity contribution is -0.122. The third-order valence-electron chi connectivity index (χ3n) is 3.94. The normalized spacial score (nSPS) is 14.0. The summed E-state index contributed by atoms with van der Waals surface area (Å²) in [6.45, 7) is 0. The highest BCUT2D eigenvalue weighted by atomic mass is 16.2. The van der Waals surface area contributed by atoms with Crippen molar-refractivity contribution < 1.29 is 9.59 Å². The summed E-state index contributed by atoms with van der Waals surface area (Å²) in [4.78, 5) is 24.5. The summed E-state index contributed by atoms with van der Waals surface area (Å²) in [7, 11) is 0. The predicted molar refractivity (Wildman–Crippen MR) is 86.8 cm³/mol. The van der Waals surface area contributed by atoms with Crippen molar-refractivity contribution in [3.05, 3.63) is 60.2 Å². The molecule has 2 amide bonds. The van der Waals surface area contributed by atoms with Gasteiger partial charge in [0.15, 0.2) is 0 Å². The van der Waals surface area contributed by atoms with Gasteiger partial charge in [-0.05, 0) is 37.1 Å². The number of nitrogens with one attached hydrogen (secondary N) is 2. The number of amides is 2. The molecule has 0 heterocycles. The molecule has 2 aromatic carbocycles. The van der Waals surface area contributed by atoms with Crippen LogP contribution in [0.25, 0.3) is 0 Å². The molecule has 0 aliphatic heterocycles. The van der Waals surface area contributed by atoms with Crippen molar-refractivity contribution in [2.75, 3.05) is 10.6 Å². The van der Waals surface area contributed by atoms with E-state index in [4.69, 9.17) is 0 Å². The molecule has 112 valence electrons. The molecule has 0 atom stereocenters. The monoisotopic (exact) mass is 294 g/mol. The number of carbonyl (C=O) groups excluding carboxylic acids is 2. The maximum atomic E-state index is 12.4. The third kappa shape index (κ3) is 3.17. The third-order valence-corrected chi connectivity index (χ3v) is 3.94. The average Bonchev–Trinajstić information content (AvgIpc) is 2.47. The van der Waals surface area contributed by atoms with Gasteiger partial charge in [0.05, 0.1) is 11.3 Å². The molecule has 1 aliphatic rings. The fourth-order valence-electron chi connectivity index (χ4n) is 2.42. The quantitative estimate of drug-likeness (QED) is 0.903. The molecule has 2 aromatic rings. The van der Waals surface area contributed by atoms with Crippen LogP contribution in [-0.2, 0) is 4.79 Å². The molecule has 1 saturated carbocycles. The van der Waals surface area contributed by atoms with Crippen LogP contribution >= 0.6 is 0 Å². The zero-order valence-electron chi connectivity index (χ0n) is 12.2. The van der Waals surface area contributed by atoms with E-state index in [2.05, 4.69) is 10.6 Å². The number of hydrogen-bond donors (Lipinski definition) is 2. The van der Waals surface area contributed by atoms with Gasteiger partial charge in [0.25, 0.3) is 5.91 Å². The van der Waals surface area contributed by atoms with Crippen LogP contribution in [0.5, 0.6) is 0 Å². The highest BCUT2D eigenvalue weighted by Gasteiger charge is 2.26. The SMILES string of the molecule is O=C(Nc1ccccc1)c1ccccc1NC(=O)C1CCC1. The Morgan fingerprint density at radius 1 is 0.864 bits per heavy atom. The summed E-state index contributed by atoms with van der Waals surface area (Å²) >= 11 is 0. The maximum absolute atomic E-state index is 12.4. The van der Waals surface area contributed by atoms with Crippen molar-refractivity contribution in [1.82, 2.24) is 0 Å². The molecule has 0 saturated heterocycles. The topological polar surface area (TPSA) is 58.2 Å². The molecule has 3 rings (SSSR count). The lowest BCUT2D eigenvalue weighted by Gasteiger charge is -2.24. The van der Waals surface area contributed by atoms with E-state index in [0.29, 0.717) is 11.3 Å². The van der Waals surface area contributed by atoms with Crippen molar-refractivity contribution in [1.29, 1.82) is 0 Å². The Kier molecular flexibility index (Phi) is 4.19. The molecule has 0 bridgehead atoms. The summed E-state index contributed by atoms with van der Waals surface area (Å²) in [6, 6.07) is 16.4. The second kappa shape index (κ2) is 6.43. The van der Waals surface area contributed by atoms with Crippen LogP contribution in [0.3, 0.4) is 0 Å². The molecule has 0 spiro atoms. The highest BCUT2D eigenvalue weighted by molar-refractivity contribution is 6.10. The van der Waals surface area contributed by atoms with Gasteiger partial charge in [0, 0.05) is 11.6 Å². The number of carbonyl (C=O) groups is 2. The summed E-state index contributed by atoms with van der Waals surface area (Å²) in [5.74, 6) is -0.132. The van der Waals surface area contributed by atoms with Gasteiger partial charge in [0.2, 0.25) is 5.91 Å². The fourth-order valence-corrected chi connectivity index (χ4v) is 2.42. The average molecular weight is 294 g/mol. The van der Waals surface area contributed by atoms with E-state index < -0.39 is 0 Å². The number of rotatable bonds is 4. The molecule has 0 aromatic heterocycles. The van der Waals surface area contributed by atoms with Crippen molar-refractivity contribution in [3.8, 4) is 0 Å². The lowest BCUT2D eigenvalue weighted by Crippen LogP contribution is -2.29. The number of para-hydroxylation sites is 2. The molecule has 1 aliphatic carbocycles. The molecular formula is C18H18N2O2. The van der Waals surface area contributed by atoms with Gasteiger partial charge in [-0.25, -0.2) is 0 Å². The van der Waals surface area contributed by atoms with Crippen LogP contribution in [-0.4, -0.2) is 11.8 Å². The second-order valence-corrected chi connectivity index (χ2v) is 5.48. The molecule has 0 radical (unpaired) electrons. The van der Waals surface area contributed by atoms with Crippen molar-refractivity contribution in [2.24, 2.45) is 5.92 Å². The van der Waals surface area contributed by atoms with E-state index in [1.54, 1.807) is 18.2 Å². The Balaban J connectivity index is 1.75. The van der Waals surface area contributed by atoms with Crippen LogP contribution in [0.4, 0.5) is 11.4 Å². The predicted octanol–water partition coefficient (Wildman–Crippen LogP) is 3.68. The molecule has 4 heteroatoms. The Morgan fingerprint density at radius 2 is 1.55 bits per heavy atom. The largest absolute Gasteiger partial charge is 0.325 e. The van der Waals surface area contributed by atoms with Gasteiger partial charge < -0.3 is 10.6 Å². The summed E-state index contributed by atoms with van der Waals surface area (Å²) in [6.07, 6.45) is 2.97. The van der Waals surface area contributed by atoms with Crippen LogP contribution < -0.4 is 10.6 Å². The summed E-state index contributed by atoms with van der Waals surface area (Å²) in [5, 5.41) is 5.72. The first-order valence-electron chi connectivity index (χ1n) is 7.50. The van der Waals surface area contributed by atoms with Gasteiger partial charge in [0.1, 0.15) is 0 Å². The first-order chi connectivity index (χ1) is 10.7. The van der Waals surface area contributed by atoms with Gasteiger partial charge >= 0.3 is 0 Å². The molecule has 4 nitrogen and oxygen atoms in total. The molecule has 1 fully saturated rings. The Morgan fingerprint density at radius 3 is 2.23 bits per heavy atom. The highest BCUT2D eigenvalue weighted by Crippen LogP contribution is 2.28. The molecular weight excluding hydrogens is 276 g/mol. The van der Waals surface area contributed by atoms with Gasteiger partial charge in [-0.2, -0.15) is 0 Å². The zero-order chi connectivity index (χ0) is 15.4. The van der Waals surface area contributed by atoms with Crippen LogP contribution in [0.1, 0.15) is 29.6 Å². The second-order valence-electron chi connectivity index (χ2n) is 5.48. The first kappa shape index (κ1) is 14.3. The molecule has 0 unspecified atom stereocenters. The van der Waals surface area contributed by atoms with Crippen molar-refractivity contribution in [2.45, 2.75) is 19.3 Å². The number of hydrogen-bond acceptors (Lipinski definition) is 2. The molecule has 22 heavy (non-hydrogen) atoms. The summed E-state index contributed by atoms with van der Waals surface area (Å²) in [5.41, 5.74) is 1.76. The molecule has 2 N–H and O–H groups in total. The van der Waals surface area contributed by atoms with Crippen molar-refractivity contribution in [3.63, 3.8) is 0 Å². The maximum Gasteiger partial charge on any atom is 0.257 e. The van der Waals surface area contributed by atoms with E-state index >= 15 is 0 Å². The van der Waals surface area contributed by atoms with Crippen LogP contribution in [0.2, 0.25) is 0 Å². The minimum atomic E-state index is -0.226. The Labute approximate surface area is 129 Å². The van der Waals surface area contributed by atoms with Gasteiger partial charge in [-0.1, -0.05) is 36.8 Å². The van der Waals surface area contributed by atoms with E-state index in [-0.39, 0.29) is 17.7 Å². The van der Waals surface area contributed by atoms with Crippen molar-refractivity contribution >= 4 is 23.2 Å². The fraction of sp³-hybridized carbons (Fsp3) is 0.222. The smallest absolute Gasteiger partial charge is 0.257 e. The van der Waals surface area contributed by atoms with Crippen LogP contribution in [0.15, 0.2) is 54.6 Å². The summed E-state index contributed by atoms with van der Waals surface area (Å²) < 4.78 is 0. The lowest BCUT2D eigenvalue weighted by atomic mass is 9.85. The van der Waals surface area contributed by atoms with E-state index in [0.717, 1.165) is 24.9 Å². The Hall–Kier alpha value is -2.62. The van der Waals surface area contributed by atoms with Crippen LogP contribution in [0, 0.1) is 5.92 Å². The van der Waals surface area contributed by atoms with E-state index in [9.17, 15) is 9.59 Å². The van der Waals surface area contributed by atoms with Gasteiger partial charge in [-0.3, -0.25) is 9.59 Å². The van der Waals surface area contributed by atoms with E-state index in [1.165, 1.54) is 0 Å². The number of benzene rings is 2.